The van der Waals surface area contributed by atoms with Gasteiger partial charge in [-0.05, 0) is 0 Å². The van der Waals surface area contributed by atoms with Gasteiger partial charge in [0, 0.05) is 26.6 Å². The van der Waals surface area contributed by atoms with Crippen molar-refractivity contribution in [1.29, 1.82) is 0 Å². The van der Waals surface area contributed by atoms with E-state index in [0.717, 1.165) is 0 Å². The number of carbonyl (C=O) groups excluding carboxylic acids is 1. The molecule has 2 aliphatic rings. The Kier molecular flexibility index (Phi) is 5.91. The molecule has 0 saturated carbocycles. The first-order valence-corrected chi connectivity index (χ1v) is 6.02. The van der Waals surface area contributed by atoms with Gasteiger partial charge in [-0.3, -0.25) is 10.1 Å². The lowest BCUT2D eigenvalue weighted by Crippen LogP contribution is -2.52. The van der Waals surface area contributed by atoms with Crippen LogP contribution >= 0.6 is 12.4 Å². The maximum atomic E-state index is 13.0. The lowest BCUT2D eigenvalue weighted by atomic mass is 10.1. The standard InChI is InChI=1S/C11H18F2N2O3.ClH/c1-17-6-8-5-15(2-3-18-8)10(16)9-4-11(12,13)7-14-9;/h8-9,14H,2-7H2,1H3;1H. The molecule has 1 amide bonds. The van der Waals surface area contributed by atoms with E-state index in [4.69, 9.17) is 9.47 Å². The normalized spacial score (nSPS) is 29.9. The molecular weight excluding hydrogens is 282 g/mol. The topological polar surface area (TPSA) is 50.8 Å². The van der Waals surface area contributed by atoms with E-state index in [9.17, 15) is 13.6 Å². The Morgan fingerprint density at radius 2 is 2.32 bits per heavy atom. The van der Waals surface area contributed by atoms with Crippen LogP contribution < -0.4 is 5.32 Å². The molecule has 0 aromatic rings. The lowest BCUT2D eigenvalue weighted by molar-refractivity contribution is -0.143. The van der Waals surface area contributed by atoms with Gasteiger partial charge in [0.2, 0.25) is 5.91 Å². The molecule has 1 N–H and O–H groups in total. The number of amides is 1. The molecule has 0 aliphatic carbocycles. The van der Waals surface area contributed by atoms with Crippen LogP contribution in [0.4, 0.5) is 8.78 Å². The zero-order chi connectivity index (χ0) is 13.2. The minimum atomic E-state index is -2.78. The van der Waals surface area contributed by atoms with Crippen molar-refractivity contribution in [2.24, 2.45) is 0 Å². The van der Waals surface area contributed by atoms with E-state index in [2.05, 4.69) is 5.32 Å². The Balaban J connectivity index is 0.00000180. The molecule has 2 rings (SSSR count). The summed E-state index contributed by atoms with van der Waals surface area (Å²) < 4.78 is 36.5. The summed E-state index contributed by atoms with van der Waals surface area (Å²) in [5.74, 6) is -3.05. The Bertz CT molecular complexity index is 318. The molecule has 2 unspecified atom stereocenters. The highest BCUT2D eigenvalue weighted by Gasteiger charge is 2.44. The van der Waals surface area contributed by atoms with E-state index in [1.54, 1.807) is 12.0 Å². The van der Waals surface area contributed by atoms with Gasteiger partial charge in [-0.2, -0.15) is 0 Å². The van der Waals surface area contributed by atoms with Crippen LogP contribution in [0.25, 0.3) is 0 Å². The Hall–Kier alpha value is -0.500. The summed E-state index contributed by atoms with van der Waals surface area (Å²) in [6, 6.07) is -0.777. The van der Waals surface area contributed by atoms with Crippen LogP contribution in [0.5, 0.6) is 0 Å². The van der Waals surface area contributed by atoms with Gasteiger partial charge < -0.3 is 14.4 Å². The third-order valence-corrected chi connectivity index (χ3v) is 3.21. The van der Waals surface area contributed by atoms with Gasteiger partial charge in [-0.15, -0.1) is 12.4 Å². The highest BCUT2D eigenvalue weighted by atomic mass is 35.5. The van der Waals surface area contributed by atoms with E-state index in [-0.39, 0.29) is 24.4 Å². The first-order chi connectivity index (χ1) is 8.52. The van der Waals surface area contributed by atoms with E-state index in [1.165, 1.54) is 0 Å². The molecular formula is C11H19ClF2N2O3. The predicted octanol–water partition coefficient (Wildman–Crippen LogP) is 0.279. The zero-order valence-corrected chi connectivity index (χ0v) is 11.5. The first-order valence-electron chi connectivity index (χ1n) is 6.02. The maximum Gasteiger partial charge on any atom is 0.262 e. The van der Waals surface area contributed by atoms with E-state index in [1.807, 2.05) is 0 Å². The molecule has 2 atom stereocenters. The van der Waals surface area contributed by atoms with Crippen LogP contribution in [0.2, 0.25) is 0 Å². The number of hydrogen-bond acceptors (Lipinski definition) is 4. The molecule has 2 saturated heterocycles. The Morgan fingerprint density at radius 3 is 2.89 bits per heavy atom. The number of methoxy groups -OCH3 is 1. The van der Waals surface area contributed by atoms with Gasteiger partial charge >= 0.3 is 0 Å². The number of alkyl halides is 2. The molecule has 2 aliphatic heterocycles. The number of morpholine rings is 1. The summed E-state index contributed by atoms with van der Waals surface area (Å²) in [5, 5.41) is 2.58. The first kappa shape index (κ1) is 16.6. The summed E-state index contributed by atoms with van der Waals surface area (Å²) in [6.45, 7) is 1.25. The summed E-state index contributed by atoms with van der Waals surface area (Å²) in [4.78, 5) is 13.6. The van der Waals surface area contributed by atoms with E-state index in [0.29, 0.717) is 26.3 Å². The van der Waals surface area contributed by atoms with Crippen LogP contribution in [0.15, 0.2) is 0 Å². The third kappa shape index (κ3) is 4.24. The second-order valence-electron chi connectivity index (χ2n) is 4.73. The third-order valence-electron chi connectivity index (χ3n) is 3.21. The van der Waals surface area contributed by atoms with Gasteiger partial charge in [-0.1, -0.05) is 0 Å². The van der Waals surface area contributed by atoms with Gasteiger partial charge in [0.05, 0.1) is 31.9 Å². The molecule has 0 radical (unpaired) electrons. The minimum absolute atomic E-state index is 0. The quantitative estimate of drug-likeness (QED) is 0.813. The van der Waals surface area contributed by atoms with E-state index < -0.39 is 24.9 Å². The molecule has 112 valence electrons. The summed E-state index contributed by atoms with van der Waals surface area (Å²) in [7, 11) is 1.56. The SMILES string of the molecule is COCC1CN(C(=O)C2CC(F)(F)CN2)CCO1.Cl. The fourth-order valence-corrected chi connectivity index (χ4v) is 2.32. The molecule has 0 aromatic carbocycles. The smallest absolute Gasteiger partial charge is 0.262 e. The Labute approximate surface area is 117 Å². The van der Waals surface area contributed by atoms with Crippen molar-refractivity contribution in [1.82, 2.24) is 10.2 Å². The fourth-order valence-electron chi connectivity index (χ4n) is 2.32. The van der Waals surface area contributed by atoms with Crippen molar-refractivity contribution >= 4 is 18.3 Å². The number of halogens is 3. The van der Waals surface area contributed by atoms with Crippen molar-refractivity contribution in [3.63, 3.8) is 0 Å². The zero-order valence-electron chi connectivity index (χ0n) is 10.7. The van der Waals surface area contributed by atoms with Crippen molar-refractivity contribution < 1.29 is 23.0 Å². The average Bonchev–Trinajstić information content (AvgIpc) is 2.70. The van der Waals surface area contributed by atoms with Crippen LogP contribution in [0.1, 0.15) is 6.42 Å². The summed E-state index contributed by atoms with van der Waals surface area (Å²) >= 11 is 0. The summed E-state index contributed by atoms with van der Waals surface area (Å²) in [6.07, 6.45) is -0.590. The minimum Gasteiger partial charge on any atom is -0.382 e. The molecule has 5 nitrogen and oxygen atoms in total. The monoisotopic (exact) mass is 300 g/mol. The largest absolute Gasteiger partial charge is 0.382 e. The number of carbonyl (C=O) groups is 1. The summed E-state index contributed by atoms with van der Waals surface area (Å²) in [5.41, 5.74) is 0. The molecule has 0 aromatic heterocycles. The number of hydrogen-bond donors (Lipinski definition) is 1. The maximum absolute atomic E-state index is 13.0. The predicted molar refractivity (Wildman–Crippen MR) is 66.8 cm³/mol. The fraction of sp³-hybridized carbons (Fsp3) is 0.909. The molecule has 19 heavy (non-hydrogen) atoms. The molecule has 2 heterocycles. The molecule has 0 spiro atoms. The highest BCUT2D eigenvalue weighted by Crippen LogP contribution is 2.26. The average molecular weight is 301 g/mol. The number of rotatable bonds is 3. The lowest BCUT2D eigenvalue weighted by Gasteiger charge is -2.34. The van der Waals surface area contributed by atoms with Crippen molar-refractivity contribution in [2.45, 2.75) is 24.5 Å². The van der Waals surface area contributed by atoms with E-state index >= 15 is 0 Å². The number of nitrogens with zero attached hydrogens (tertiary/aromatic N) is 1. The van der Waals surface area contributed by atoms with Gasteiger partial charge in [0.25, 0.3) is 5.92 Å². The molecule has 0 bridgehead atoms. The molecule has 8 heteroatoms. The van der Waals surface area contributed by atoms with Gasteiger partial charge in [-0.25, -0.2) is 8.78 Å². The Morgan fingerprint density at radius 1 is 1.58 bits per heavy atom. The van der Waals surface area contributed by atoms with Crippen LogP contribution in [0, 0.1) is 0 Å². The van der Waals surface area contributed by atoms with Crippen LogP contribution in [-0.4, -0.2) is 68.8 Å². The number of nitrogens with one attached hydrogen (secondary N) is 1. The number of ether oxygens (including phenoxy) is 2. The second kappa shape index (κ2) is 6.78. The second-order valence-corrected chi connectivity index (χ2v) is 4.73. The van der Waals surface area contributed by atoms with Crippen molar-refractivity contribution in [3.8, 4) is 0 Å². The molecule has 2 fully saturated rings. The van der Waals surface area contributed by atoms with Crippen molar-refractivity contribution in [2.75, 3.05) is 40.0 Å². The van der Waals surface area contributed by atoms with Crippen molar-refractivity contribution in [3.05, 3.63) is 0 Å². The van der Waals surface area contributed by atoms with Crippen LogP contribution in [-0.2, 0) is 14.3 Å². The van der Waals surface area contributed by atoms with Gasteiger partial charge in [0.1, 0.15) is 0 Å². The highest BCUT2D eigenvalue weighted by molar-refractivity contribution is 5.85. The van der Waals surface area contributed by atoms with Gasteiger partial charge in [0.15, 0.2) is 0 Å². The van der Waals surface area contributed by atoms with Crippen LogP contribution in [0.3, 0.4) is 0 Å².